The second-order valence-corrected chi connectivity index (χ2v) is 17.3. The van der Waals surface area contributed by atoms with Crippen molar-refractivity contribution >= 4 is 83.1 Å². The highest BCUT2D eigenvalue weighted by Gasteiger charge is 2.50. The molecule has 276 valence electrons. The number of carbonyl (C=O) groups is 2. The van der Waals surface area contributed by atoms with Gasteiger partial charge in [0, 0.05) is 10.6 Å². The molecule has 1 atom stereocenters. The Bertz CT molecular complexity index is 1980. The molecule has 0 aromatic heterocycles. The Morgan fingerprint density at radius 3 is 1.48 bits per heavy atom. The number of rotatable bonds is 15. The molecule has 0 saturated carbocycles. The van der Waals surface area contributed by atoms with Gasteiger partial charge in [-0.25, -0.2) is 9.59 Å². The molecule has 54 heavy (non-hydrogen) atoms. The molecule has 0 radical (unpaired) electrons. The van der Waals surface area contributed by atoms with Crippen LogP contribution < -0.4 is 26.5 Å². The summed E-state index contributed by atoms with van der Waals surface area (Å²) < 4.78 is 24.0. The Hall–Kier alpha value is -4.12. The maximum atomic E-state index is 13.1. The topological polar surface area (TPSA) is 71.1 Å². The molecule has 6 rings (SSSR count). The van der Waals surface area contributed by atoms with Crippen molar-refractivity contribution in [3.05, 3.63) is 168 Å². The zero-order valence-electron chi connectivity index (χ0n) is 29.9. The first kappa shape index (κ1) is 39.6. The van der Waals surface area contributed by atoms with Crippen molar-refractivity contribution in [2.75, 3.05) is 26.4 Å². The third-order valence-electron chi connectivity index (χ3n) is 8.58. The summed E-state index contributed by atoms with van der Waals surface area (Å²) in [6.45, 7) is 2.76. The molecule has 0 unspecified atom stereocenters. The van der Waals surface area contributed by atoms with E-state index in [0.717, 1.165) is 37.4 Å². The van der Waals surface area contributed by atoms with Gasteiger partial charge in [0.2, 0.25) is 5.79 Å². The minimum absolute atomic E-state index is 0.154. The third kappa shape index (κ3) is 9.04. The van der Waals surface area contributed by atoms with Gasteiger partial charge in [-0.15, -0.1) is 11.6 Å². The maximum absolute atomic E-state index is 13.1. The number of esters is 2. The number of benzene rings is 5. The fourth-order valence-corrected chi connectivity index (χ4v) is 11.8. The molecular formula is C44H40Cl2O6P2. The minimum Gasteiger partial charge on any atom is -0.464 e. The summed E-state index contributed by atoms with van der Waals surface area (Å²) in [4.78, 5) is 26.2. The van der Waals surface area contributed by atoms with Crippen molar-refractivity contribution in [1.82, 2.24) is 0 Å². The molecule has 0 heterocycles. The van der Waals surface area contributed by atoms with Crippen LogP contribution in [0.25, 0.3) is 5.57 Å². The van der Waals surface area contributed by atoms with Gasteiger partial charge in [-0.2, -0.15) is 0 Å². The van der Waals surface area contributed by atoms with Gasteiger partial charge < -0.3 is 18.9 Å². The lowest BCUT2D eigenvalue weighted by Gasteiger charge is -2.43. The van der Waals surface area contributed by atoms with E-state index in [-0.39, 0.29) is 13.2 Å². The lowest BCUT2D eigenvalue weighted by atomic mass is 9.90. The molecule has 0 fully saturated rings. The van der Waals surface area contributed by atoms with E-state index in [0.29, 0.717) is 10.6 Å². The third-order valence-corrected chi connectivity index (χ3v) is 14.2. The number of alkyl halides is 1. The molecule has 6 nitrogen and oxygen atoms in total. The minimum atomic E-state index is -1.89. The molecule has 5 aromatic carbocycles. The van der Waals surface area contributed by atoms with Crippen LogP contribution in [-0.2, 0) is 28.5 Å². The Balaban J connectivity index is 1.73. The van der Waals surface area contributed by atoms with Crippen LogP contribution in [0.2, 0.25) is 5.02 Å². The van der Waals surface area contributed by atoms with Crippen molar-refractivity contribution in [2.24, 2.45) is 0 Å². The van der Waals surface area contributed by atoms with Gasteiger partial charge in [0.1, 0.15) is 18.6 Å². The largest absolute Gasteiger partial charge is 0.464 e. The van der Waals surface area contributed by atoms with Gasteiger partial charge in [-0.05, 0) is 79.2 Å². The average Bonchev–Trinajstić information content (AvgIpc) is 3.20. The Morgan fingerprint density at radius 1 is 0.630 bits per heavy atom. The first-order chi connectivity index (χ1) is 26.4. The predicted molar refractivity (Wildman–Crippen MR) is 223 cm³/mol. The van der Waals surface area contributed by atoms with Crippen LogP contribution in [-0.4, -0.2) is 49.5 Å². The van der Waals surface area contributed by atoms with Gasteiger partial charge in [0.25, 0.3) is 0 Å². The Morgan fingerprint density at radius 2 is 1.06 bits per heavy atom. The highest BCUT2D eigenvalue weighted by Crippen LogP contribution is 2.55. The lowest BCUT2D eigenvalue weighted by molar-refractivity contribution is -0.208. The van der Waals surface area contributed by atoms with Crippen molar-refractivity contribution in [3.63, 3.8) is 0 Å². The lowest BCUT2D eigenvalue weighted by Crippen LogP contribution is -2.50. The monoisotopic (exact) mass is 796 g/mol. The van der Waals surface area contributed by atoms with Crippen molar-refractivity contribution < 1.29 is 28.5 Å². The van der Waals surface area contributed by atoms with E-state index in [1.165, 1.54) is 0 Å². The van der Waals surface area contributed by atoms with Gasteiger partial charge in [0.05, 0.1) is 13.2 Å². The summed E-state index contributed by atoms with van der Waals surface area (Å²) in [7, 11) is -2.53. The zero-order valence-corrected chi connectivity index (χ0v) is 33.2. The Labute approximate surface area is 329 Å². The molecule has 0 aliphatic heterocycles. The standard InChI is InChI=1S/C44H40Cl2O6P2/c1-3-49-41(47)30-51-44(52-31-42(48)50-4-2)40(46)28-27-39(54(35-21-13-7-14-22-35)36-23-15-8-16-24-36)43(44)37-29-32(45)25-26-38(37)53(33-17-9-5-10-18-33)34-19-11-6-12-20-34/h5-29,40H,3-4,30-31H2,1-2H3/t40-/m0/s1. The highest BCUT2D eigenvalue weighted by atomic mass is 35.5. The summed E-state index contributed by atoms with van der Waals surface area (Å²) in [5.74, 6) is -3.10. The zero-order chi connectivity index (χ0) is 37.9. The van der Waals surface area contributed by atoms with Gasteiger partial charge in [0.15, 0.2) is 0 Å². The van der Waals surface area contributed by atoms with Crippen LogP contribution in [0.1, 0.15) is 19.4 Å². The quantitative estimate of drug-likeness (QED) is 0.0464. The molecule has 0 bridgehead atoms. The first-order valence-electron chi connectivity index (χ1n) is 17.6. The highest BCUT2D eigenvalue weighted by molar-refractivity contribution is 7.80. The van der Waals surface area contributed by atoms with Crippen molar-refractivity contribution in [1.29, 1.82) is 0 Å². The summed E-state index contributed by atoms with van der Waals surface area (Å²) in [6, 6.07) is 46.9. The number of carbonyl (C=O) groups excluding carboxylic acids is 2. The second-order valence-electron chi connectivity index (χ2n) is 12.1. The molecule has 0 spiro atoms. The molecule has 0 N–H and O–H groups in total. The van der Waals surface area contributed by atoms with Crippen molar-refractivity contribution in [3.8, 4) is 0 Å². The molecule has 0 saturated heterocycles. The van der Waals surface area contributed by atoms with Gasteiger partial charge >= 0.3 is 11.9 Å². The molecular weight excluding hydrogens is 757 g/mol. The molecule has 0 amide bonds. The number of ether oxygens (including phenoxy) is 4. The second kappa shape index (κ2) is 19.0. The smallest absolute Gasteiger partial charge is 0.332 e. The normalized spacial score (nSPS) is 15.0. The molecule has 1 aliphatic carbocycles. The van der Waals surface area contributed by atoms with E-state index in [1.54, 1.807) is 19.9 Å². The molecule has 10 heteroatoms. The fraction of sp³-hybridized carbons (Fsp3) is 0.182. The van der Waals surface area contributed by atoms with Crippen LogP contribution in [0.15, 0.2) is 157 Å². The SMILES string of the molecule is CCOC(=O)COC1(OCC(=O)OCC)C(c2cc(Cl)ccc2P(c2ccccc2)c2ccccc2)=C(P(c2ccccc2)c2ccccc2)C=C[C@@H]1Cl. The van der Waals surface area contributed by atoms with Crippen LogP contribution >= 0.6 is 39.0 Å². The van der Waals surface area contributed by atoms with E-state index in [4.69, 9.17) is 42.1 Å². The number of allylic oxidation sites excluding steroid dienone is 2. The van der Waals surface area contributed by atoms with E-state index >= 15 is 0 Å². The summed E-state index contributed by atoms with van der Waals surface area (Å²) in [5.41, 5.74) is 1.28. The summed E-state index contributed by atoms with van der Waals surface area (Å²) >= 11 is 14.3. The maximum Gasteiger partial charge on any atom is 0.332 e. The summed E-state index contributed by atoms with van der Waals surface area (Å²) in [5, 5.41) is 5.62. The van der Waals surface area contributed by atoms with Crippen molar-refractivity contribution in [2.45, 2.75) is 25.0 Å². The number of hydrogen-bond donors (Lipinski definition) is 0. The number of halogens is 2. The van der Waals surface area contributed by atoms with E-state index in [2.05, 4.69) is 48.5 Å². The van der Waals surface area contributed by atoms with E-state index in [1.807, 2.05) is 97.1 Å². The molecule has 5 aromatic rings. The van der Waals surface area contributed by atoms with Crippen LogP contribution in [0.3, 0.4) is 0 Å². The van der Waals surface area contributed by atoms with E-state index < -0.39 is 52.2 Å². The van der Waals surface area contributed by atoms with Gasteiger partial charge in [-0.1, -0.05) is 151 Å². The van der Waals surface area contributed by atoms with Gasteiger partial charge in [-0.3, -0.25) is 0 Å². The molecule has 1 aliphatic rings. The van der Waals surface area contributed by atoms with Crippen LogP contribution in [0.5, 0.6) is 0 Å². The predicted octanol–water partition coefficient (Wildman–Crippen LogP) is 7.98. The number of hydrogen-bond acceptors (Lipinski definition) is 6. The van der Waals surface area contributed by atoms with E-state index in [9.17, 15) is 9.59 Å². The fourth-order valence-electron chi connectivity index (χ4n) is 6.36. The van der Waals surface area contributed by atoms with Crippen LogP contribution in [0, 0.1) is 0 Å². The average molecular weight is 798 g/mol. The van der Waals surface area contributed by atoms with Crippen LogP contribution in [0.4, 0.5) is 0 Å². The summed E-state index contributed by atoms with van der Waals surface area (Å²) in [6.07, 6.45) is 3.83. The Kier molecular flexibility index (Phi) is 13.9. The first-order valence-corrected chi connectivity index (χ1v) is 21.1.